The molecule has 0 heterocycles. The van der Waals surface area contributed by atoms with Crippen molar-refractivity contribution in [2.24, 2.45) is 11.7 Å². The zero-order valence-corrected chi connectivity index (χ0v) is 11.6. The van der Waals surface area contributed by atoms with Crippen molar-refractivity contribution < 1.29 is 14.7 Å². The molecule has 0 aliphatic carbocycles. The largest absolute Gasteiger partial charge is 0.481 e. The number of carboxylic acid groups (broad SMARTS) is 1. The van der Waals surface area contributed by atoms with E-state index in [-0.39, 0.29) is 24.8 Å². The van der Waals surface area contributed by atoms with Gasteiger partial charge in [-0.25, -0.2) is 0 Å². The Hall–Kier alpha value is -1.10. The number of hydrogen-bond donors (Lipinski definition) is 3. The molecule has 2 atom stereocenters. The van der Waals surface area contributed by atoms with Crippen molar-refractivity contribution in [3.63, 3.8) is 0 Å². The molecule has 5 heteroatoms. The second-order valence-electron chi connectivity index (χ2n) is 5.27. The molecule has 0 aliphatic heterocycles. The van der Waals surface area contributed by atoms with Crippen LogP contribution in [0.2, 0.25) is 0 Å². The van der Waals surface area contributed by atoms with E-state index in [1.807, 2.05) is 6.92 Å². The second-order valence-corrected chi connectivity index (χ2v) is 5.27. The number of amides is 1. The zero-order chi connectivity index (χ0) is 14.1. The average Bonchev–Trinajstić information content (AvgIpc) is 2.24. The monoisotopic (exact) mass is 258 g/mol. The lowest BCUT2D eigenvalue weighted by molar-refractivity contribution is -0.137. The fourth-order valence-electron chi connectivity index (χ4n) is 1.66. The van der Waals surface area contributed by atoms with Gasteiger partial charge in [0, 0.05) is 12.5 Å². The normalized spacial score (nSPS) is 14.3. The Labute approximate surface area is 109 Å². The van der Waals surface area contributed by atoms with E-state index in [4.69, 9.17) is 10.8 Å². The minimum Gasteiger partial charge on any atom is -0.481 e. The Morgan fingerprint density at radius 3 is 2.28 bits per heavy atom. The predicted octanol–water partition coefficient (Wildman–Crippen LogP) is 1.51. The minimum absolute atomic E-state index is 0.0731. The van der Waals surface area contributed by atoms with Crippen molar-refractivity contribution in [1.29, 1.82) is 0 Å². The summed E-state index contributed by atoms with van der Waals surface area (Å²) in [6, 6.07) is -0.638. The van der Waals surface area contributed by atoms with E-state index in [9.17, 15) is 9.59 Å². The summed E-state index contributed by atoms with van der Waals surface area (Å²) in [7, 11) is 0. The van der Waals surface area contributed by atoms with Gasteiger partial charge in [0.25, 0.3) is 0 Å². The van der Waals surface area contributed by atoms with E-state index in [0.717, 1.165) is 19.3 Å². The van der Waals surface area contributed by atoms with E-state index in [0.29, 0.717) is 5.92 Å². The first kappa shape index (κ1) is 16.9. The van der Waals surface area contributed by atoms with Crippen LogP contribution in [0.4, 0.5) is 0 Å². The van der Waals surface area contributed by atoms with Crippen LogP contribution in [0.3, 0.4) is 0 Å². The van der Waals surface area contributed by atoms with E-state index in [1.165, 1.54) is 0 Å². The van der Waals surface area contributed by atoms with Gasteiger partial charge in [-0.3, -0.25) is 9.59 Å². The Balaban J connectivity index is 3.81. The first-order chi connectivity index (χ1) is 8.32. The van der Waals surface area contributed by atoms with E-state index in [1.54, 1.807) is 0 Å². The number of hydrogen-bond acceptors (Lipinski definition) is 3. The number of carbonyl (C=O) groups excluding carboxylic acids is 1. The first-order valence-electron chi connectivity index (χ1n) is 6.60. The SMILES string of the molecule is CC(C)CCCC(C)NC(=O)C(N)CCC(=O)O. The molecule has 4 N–H and O–H groups in total. The number of aliphatic carboxylic acids is 1. The van der Waals surface area contributed by atoms with E-state index >= 15 is 0 Å². The van der Waals surface area contributed by atoms with Gasteiger partial charge in [0.1, 0.15) is 0 Å². The maximum absolute atomic E-state index is 11.6. The summed E-state index contributed by atoms with van der Waals surface area (Å²) in [4.78, 5) is 22.0. The Morgan fingerprint density at radius 1 is 1.17 bits per heavy atom. The molecule has 0 saturated carbocycles. The molecule has 0 spiro atoms. The molecule has 0 fully saturated rings. The molecule has 106 valence electrons. The summed E-state index contributed by atoms with van der Waals surface area (Å²) in [6.07, 6.45) is 3.25. The molecular formula is C13H26N2O3. The molecule has 2 unspecified atom stereocenters. The summed E-state index contributed by atoms with van der Waals surface area (Å²) in [5.41, 5.74) is 5.62. The van der Waals surface area contributed by atoms with Crippen molar-refractivity contribution in [3.05, 3.63) is 0 Å². The molecule has 18 heavy (non-hydrogen) atoms. The van der Waals surface area contributed by atoms with Crippen LogP contribution in [-0.4, -0.2) is 29.1 Å². The molecule has 0 rings (SSSR count). The van der Waals surface area contributed by atoms with Gasteiger partial charge in [-0.2, -0.15) is 0 Å². The minimum atomic E-state index is -0.928. The van der Waals surface area contributed by atoms with Gasteiger partial charge in [0.15, 0.2) is 0 Å². The van der Waals surface area contributed by atoms with Gasteiger partial charge in [0.2, 0.25) is 5.91 Å². The van der Waals surface area contributed by atoms with Crippen molar-refractivity contribution in [1.82, 2.24) is 5.32 Å². The van der Waals surface area contributed by atoms with Crippen LogP contribution in [-0.2, 0) is 9.59 Å². The number of rotatable bonds is 9. The van der Waals surface area contributed by atoms with Crippen LogP contribution < -0.4 is 11.1 Å². The summed E-state index contributed by atoms with van der Waals surface area (Å²) in [6.45, 7) is 6.29. The third-order valence-electron chi connectivity index (χ3n) is 2.81. The third-order valence-corrected chi connectivity index (χ3v) is 2.81. The standard InChI is InChI=1S/C13H26N2O3/c1-9(2)5-4-6-10(3)15-13(18)11(14)7-8-12(16)17/h9-11H,4-8,14H2,1-3H3,(H,15,18)(H,16,17). The van der Waals surface area contributed by atoms with Gasteiger partial charge >= 0.3 is 5.97 Å². The first-order valence-corrected chi connectivity index (χ1v) is 6.60. The molecule has 0 aromatic rings. The van der Waals surface area contributed by atoms with Gasteiger partial charge in [-0.05, 0) is 25.7 Å². The maximum Gasteiger partial charge on any atom is 0.303 e. The highest BCUT2D eigenvalue weighted by atomic mass is 16.4. The highest BCUT2D eigenvalue weighted by molar-refractivity contribution is 5.82. The van der Waals surface area contributed by atoms with E-state index < -0.39 is 12.0 Å². The number of nitrogens with one attached hydrogen (secondary N) is 1. The number of carboxylic acids is 1. The lowest BCUT2D eigenvalue weighted by Gasteiger charge is -2.17. The van der Waals surface area contributed by atoms with Crippen molar-refractivity contribution in [2.45, 2.75) is 65.0 Å². The molecule has 0 aliphatic rings. The van der Waals surface area contributed by atoms with Crippen molar-refractivity contribution >= 4 is 11.9 Å². The molecule has 0 aromatic carbocycles. The maximum atomic E-state index is 11.6. The summed E-state index contributed by atoms with van der Waals surface area (Å²) in [5.74, 6) is -0.512. The fourth-order valence-corrected chi connectivity index (χ4v) is 1.66. The van der Waals surface area contributed by atoms with Gasteiger partial charge in [0.05, 0.1) is 6.04 Å². The van der Waals surface area contributed by atoms with Crippen LogP contribution in [0.25, 0.3) is 0 Å². The highest BCUT2D eigenvalue weighted by Crippen LogP contribution is 2.08. The topological polar surface area (TPSA) is 92.4 Å². The molecule has 0 bridgehead atoms. The fraction of sp³-hybridized carbons (Fsp3) is 0.846. The van der Waals surface area contributed by atoms with Crippen LogP contribution in [0, 0.1) is 5.92 Å². The van der Waals surface area contributed by atoms with Crippen LogP contribution >= 0.6 is 0 Å². The number of carbonyl (C=O) groups is 2. The quantitative estimate of drug-likeness (QED) is 0.584. The van der Waals surface area contributed by atoms with Gasteiger partial charge in [-0.15, -0.1) is 0 Å². The Morgan fingerprint density at radius 2 is 1.78 bits per heavy atom. The van der Waals surface area contributed by atoms with Gasteiger partial charge < -0.3 is 16.2 Å². The van der Waals surface area contributed by atoms with Crippen LogP contribution in [0.5, 0.6) is 0 Å². The van der Waals surface area contributed by atoms with Crippen molar-refractivity contribution in [3.8, 4) is 0 Å². The summed E-state index contributed by atoms with van der Waals surface area (Å²) < 4.78 is 0. The van der Waals surface area contributed by atoms with Crippen molar-refractivity contribution in [2.75, 3.05) is 0 Å². The molecule has 0 aromatic heterocycles. The number of nitrogens with two attached hydrogens (primary N) is 1. The summed E-state index contributed by atoms with van der Waals surface area (Å²) in [5, 5.41) is 11.3. The molecule has 5 nitrogen and oxygen atoms in total. The average molecular weight is 258 g/mol. The lowest BCUT2D eigenvalue weighted by Crippen LogP contribution is -2.44. The van der Waals surface area contributed by atoms with Crippen LogP contribution in [0.15, 0.2) is 0 Å². The predicted molar refractivity (Wildman–Crippen MR) is 71.1 cm³/mol. The Kier molecular flexibility index (Phi) is 8.37. The smallest absolute Gasteiger partial charge is 0.303 e. The molecule has 0 radical (unpaired) electrons. The second kappa shape index (κ2) is 8.91. The summed E-state index contributed by atoms with van der Waals surface area (Å²) >= 11 is 0. The lowest BCUT2D eigenvalue weighted by atomic mass is 10.0. The molecule has 1 amide bonds. The zero-order valence-electron chi connectivity index (χ0n) is 11.6. The highest BCUT2D eigenvalue weighted by Gasteiger charge is 2.16. The van der Waals surface area contributed by atoms with E-state index in [2.05, 4.69) is 19.2 Å². The molecule has 0 saturated heterocycles. The van der Waals surface area contributed by atoms with Gasteiger partial charge in [-0.1, -0.05) is 26.7 Å². The Bertz CT molecular complexity index is 267. The molecular weight excluding hydrogens is 232 g/mol. The third kappa shape index (κ3) is 8.98. The van der Waals surface area contributed by atoms with Crippen LogP contribution in [0.1, 0.15) is 52.9 Å².